The molecule has 0 unspecified atom stereocenters. The highest BCUT2D eigenvalue weighted by atomic mass is 32.1. The maximum atomic E-state index is 11.6. The first-order chi connectivity index (χ1) is 8.29. The Labute approximate surface area is 103 Å². The summed E-state index contributed by atoms with van der Waals surface area (Å²) in [6.07, 6.45) is 0. The number of aliphatic hydroxyl groups is 1. The second kappa shape index (κ2) is 5.56. The van der Waals surface area contributed by atoms with E-state index in [4.69, 9.17) is 5.11 Å². The van der Waals surface area contributed by atoms with Crippen molar-refractivity contribution in [2.45, 2.75) is 13.2 Å². The number of nitrogens with zero attached hydrogens (tertiary/aromatic N) is 1. The molecule has 2 N–H and O–H groups in total. The van der Waals surface area contributed by atoms with Crippen LogP contribution in [0, 0.1) is 0 Å². The molecule has 0 atom stereocenters. The minimum Gasteiger partial charge on any atom is -0.392 e. The molecule has 2 rings (SSSR count). The second-order valence-electron chi connectivity index (χ2n) is 3.53. The summed E-state index contributed by atoms with van der Waals surface area (Å²) < 4.78 is 0. The van der Waals surface area contributed by atoms with E-state index >= 15 is 0 Å². The molecular weight excluding hydrogens is 236 g/mol. The molecule has 0 aliphatic rings. The Balaban J connectivity index is 1.91. The summed E-state index contributed by atoms with van der Waals surface area (Å²) in [5, 5.41) is 13.4. The molecule has 0 fully saturated rings. The summed E-state index contributed by atoms with van der Waals surface area (Å²) in [5.74, 6) is -0.169. The lowest BCUT2D eigenvalue weighted by Crippen LogP contribution is -2.22. The maximum Gasteiger partial charge on any atom is 0.271 e. The van der Waals surface area contributed by atoms with Crippen molar-refractivity contribution in [3.05, 3.63) is 52.0 Å². The van der Waals surface area contributed by atoms with Crippen LogP contribution in [0.25, 0.3) is 0 Å². The third-order valence-corrected chi connectivity index (χ3v) is 2.91. The van der Waals surface area contributed by atoms with Gasteiger partial charge in [-0.05, 0) is 11.1 Å². The van der Waals surface area contributed by atoms with Gasteiger partial charge in [0.1, 0.15) is 5.69 Å². The smallest absolute Gasteiger partial charge is 0.271 e. The highest BCUT2D eigenvalue weighted by Crippen LogP contribution is 2.05. The van der Waals surface area contributed by atoms with E-state index < -0.39 is 0 Å². The fourth-order valence-corrected chi connectivity index (χ4v) is 1.89. The molecule has 1 aromatic carbocycles. The molecule has 0 aliphatic carbocycles. The Morgan fingerprint density at radius 2 is 2.00 bits per heavy atom. The highest BCUT2D eigenvalue weighted by Gasteiger charge is 2.06. The number of benzene rings is 1. The summed E-state index contributed by atoms with van der Waals surface area (Å²) in [6, 6.07) is 7.44. The summed E-state index contributed by atoms with van der Waals surface area (Å²) in [5.41, 5.74) is 3.93. The van der Waals surface area contributed by atoms with E-state index in [0.717, 1.165) is 11.1 Å². The van der Waals surface area contributed by atoms with Crippen molar-refractivity contribution in [3.8, 4) is 0 Å². The first kappa shape index (κ1) is 11.8. The van der Waals surface area contributed by atoms with Gasteiger partial charge in [0, 0.05) is 11.9 Å². The van der Waals surface area contributed by atoms with Gasteiger partial charge in [0.2, 0.25) is 0 Å². The van der Waals surface area contributed by atoms with Crippen molar-refractivity contribution in [1.29, 1.82) is 0 Å². The Bertz CT molecular complexity index is 480. The Morgan fingerprint density at radius 1 is 1.29 bits per heavy atom. The normalized spacial score (nSPS) is 10.2. The molecular formula is C12H12N2O2S. The number of hydrogen-bond acceptors (Lipinski definition) is 4. The Morgan fingerprint density at radius 3 is 2.59 bits per heavy atom. The van der Waals surface area contributed by atoms with Gasteiger partial charge in [-0.15, -0.1) is 11.3 Å². The molecule has 88 valence electrons. The molecule has 4 nitrogen and oxygen atoms in total. The summed E-state index contributed by atoms with van der Waals surface area (Å²) in [7, 11) is 0. The van der Waals surface area contributed by atoms with E-state index in [-0.39, 0.29) is 12.5 Å². The number of thiazole rings is 1. The molecule has 1 heterocycles. The average molecular weight is 248 g/mol. The van der Waals surface area contributed by atoms with Crippen molar-refractivity contribution < 1.29 is 9.90 Å². The Kier molecular flexibility index (Phi) is 3.85. The van der Waals surface area contributed by atoms with Crippen LogP contribution in [0.4, 0.5) is 0 Å². The Hall–Kier alpha value is -1.72. The van der Waals surface area contributed by atoms with Crippen LogP contribution in [0.3, 0.4) is 0 Å². The number of aromatic nitrogens is 1. The van der Waals surface area contributed by atoms with Crippen LogP contribution in [0.15, 0.2) is 35.2 Å². The lowest BCUT2D eigenvalue weighted by molar-refractivity contribution is 0.0946. The molecule has 2 aromatic rings. The van der Waals surface area contributed by atoms with E-state index in [1.807, 2.05) is 24.3 Å². The fourth-order valence-electron chi connectivity index (χ4n) is 1.36. The zero-order chi connectivity index (χ0) is 12.1. The van der Waals surface area contributed by atoms with E-state index in [2.05, 4.69) is 10.3 Å². The van der Waals surface area contributed by atoms with Gasteiger partial charge in [-0.2, -0.15) is 0 Å². The lowest BCUT2D eigenvalue weighted by atomic mass is 10.1. The second-order valence-corrected chi connectivity index (χ2v) is 4.25. The molecule has 0 spiro atoms. The number of aliphatic hydroxyl groups excluding tert-OH is 1. The largest absolute Gasteiger partial charge is 0.392 e. The van der Waals surface area contributed by atoms with E-state index in [1.165, 1.54) is 11.3 Å². The fraction of sp³-hybridized carbons (Fsp3) is 0.167. The minimum absolute atomic E-state index is 0.0332. The lowest BCUT2D eigenvalue weighted by Gasteiger charge is -2.04. The van der Waals surface area contributed by atoms with Gasteiger partial charge in [-0.1, -0.05) is 24.3 Å². The zero-order valence-electron chi connectivity index (χ0n) is 9.09. The predicted molar refractivity (Wildman–Crippen MR) is 65.6 cm³/mol. The van der Waals surface area contributed by atoms with Crippen LogP contribution in [0.5, 0.6) is 0 Å². The number of nitrogens with one attached hydrogen (secondary N) is 1. The van der Waals surface area contributed by atoms with Crippen LogP contribution < -0.4 is 5.32 Å². The molecule has 0 saturated heterocycles. The van der Waals surface area contributed by atoms with Crippen molar-refractivity contribution in [2.24, 2.45) is 0 Å². The van der Waals surface area contributed by atoms with Crippen LogP contribution in [-0.2, 0) is 13.2 Å². The third-order valence-electron chi connectivity index (χ3n) is 2.32. The average Bonchev–Trinajstić information content (AvgIpc) is 2.90. The van der Waals surface area contributed by atoms with Crippen molar-refractivity contribution in [2.75, 3.05) is 0 Å². The first-order valence-electron chi connectivity index (χ1n) is 5.14. The van der Waals surface area contributed by atoms with E-state index in [9.17, 15) is 4.79 Å². The number of carbonyl (C=O) groups is 1. The van der Waals surface area contributed by atoms with Crippen molar-refractivity contribution in [1.82, 2.24) is 10.3 Å². The van der Waals surface area contributed by atoms with E-state index in [1.54, 1.807) is 10.9 Å². The van der Waals surface area contributed by atoms with Gasteiger partial charge >= 0.3 is 0 Å². The summed E-state index contributed by atoms with van der Waals surface area (Å²) in [6.45, 7) is 0.494. The van der Waals surface area contributed by atoms with Gasteiger partial charge in [-0.3, -0.25) is 4.79 Å². The molecule has 5 heteroatoms. The predicted octanol–water partition coefficient (Wildman–Crippen LogP) is 1.57. The van der Waals surface area contributed by atoms with Gasteiger partial charge in [0.15, 0.2) is 0 Å². The highest BCUT2D eigenvalue weighted by molar-refractivity contribution is 7.07. The van der Waals surface area contributed by atoms with Gasteiger partial charge in [-0.25, -0.2) is 4.98 Å². The van der Waals surface area contributed by atoms with Crippen LogP contribution in [0.1, 0.15) is 21.6 Å². The van der Waals surface area contributed by atoms with Crippen molar-refractivity contribution >= 4 is 17.2 Å². The van der Waals surface area contributed by atoms with Gasteiger partial charge < -0.3 is 10.4 Å². The molecule has 0 aliphatic heterocycles. The minimum atomic E-state index is -0.169. The number of carbonyl (C=O) groups excluding carboxylic acids is 1. The molecule has 17 heavy (non-hydrogen) atoms. The van der Waals surface area contributed by atoms with Gasteiger partial charge in [0.25, 0.3) is 5.91 Å². The molecule has 1 aromatic heterocycles. The third kappa shape index (κ3) is 3.12. The summed E-state index contributed by atoms with van der Waals surface area (Å²) in [4.78, 5) is 15.5. The number of rotatable bonds is 4. The maximum absolute atomic E-state index is 11.6. The van der Waals surface area contributed by atoms with Crippen LogP contribution in [-0.4, -0.2) is 16.0 Å². The number of amides is 1. The quantitative estimate of drug-likeness (QED) is 0.863. The topological polar surface area (TPSA) is 62.2 Å². The zero-order valence-corrected chi connectivity index (χ0v) is 9.91. The van der Waals surface area contributed by atoms with Crippen molar-refractivity contribution in [3.63, 3.8) is 0 Å². The molecule has 0 saturated carbocycles. The van der Waals surface area contributed by atoms with Crippen LogP contribution in [0.2, 0.25) is 0 Å². The number of hydrogen-bond donors (Lipinski definition) is 2. The first-order valence-corrected chi connectivity index (χ1v) is 6.09. The van der Waals surface area contributed by atoms with E-state index in [0.29, 0.717) is 12.2 Å². The molecule has 0 bridgehead atoms. The standard InChI is InChI=1S/C12H12N2O2S/c15-6-10-3-1-9(2-4-10)5-13-12(16)11-7-17-8-14-11/h1-4,7-8,15H,5-6H2,(H,13,16). The summed E-state index contributed by atoms with van der Waals surface area (Å²) >= 11 is 1.39. The molecule has 1 amide bonds. The molecule has 0 radical (unpaired) electrons. The SMILES string of the molecule is O=C(NCc1ccc(CO)cc1)c1cscn1. The monoisotopic (exact) mass is 248 g/mol. The van der Waals surface area contributed by atoms with Crippen LogP contribution >= 0.6 is 11.3 Å². The van der Waals surface area contributed by atoms with Gasteiger partial charge in [0.05, 0.1) is 12.1 Å².